The van der Waals surface area contributed by atoms with Crippen molar-refractivity contribution in [1.82, 2.24) is 14.8 Å². The van der Waals surface area contributed by atoms with E-state index < -0.39 is 0 Å². The first-order chi connectivity index (χ1) is 11.5. The molecule has 1 aromatic heterocycles. The third-order valence-corrected chi connectivity index (χ3v) is 4.55. The molecule has 3 rings (SSSR count). The van der Waals surface area contributed by atoms with Crippen molar-refractivity contribution in [2.45, 2.75) is 33.4 Å². The van der Waals surface area contributed by atoms with E-state index in [-0.39, 0.29) is 11.9 Å². The van der Waals surface area contributed by atoms with Gasteiger partial charge in [0.1, 0.15) is 0 Å². The molecule has 24 heavy (non-hydrogen) atoms. The van der Waals surface area contributed by atoms with Crippen molar-refractivity contribution in [3.63, 3.8) is 0 Å². The van der Waals surface area contributed by atoms with E-state index >= 15 is 0 Å². The Morgan fingerprint density at radius 1 is 1.25 bits per heavy atom. The van der Waals surface area contributed by atoms with Gasteiger partial charge in [-0.05, 0) is 30.5 Å². The lowest BCUT2D eigenvalue weighted by molar-refractivity contribution is -0.123. The molecule has 0 fully saturated rings. The molecule has 1 amide bonds. The van der Waals surface area contributed by atoms with Gasteiger partial charge in [-0.2, -0.15) is 0 Å². The third-order valence-electron chi connectivity index (χ3n) is 4.55. The average molecular weight is 325 g/mol. The normalized spacial score (nSPS) is 17.8. The van der Waals surface area contributed by atoms with E-state index in [1.54, 1.807) is 0 Å². The first kappa shape index (κ1) is 16.8. The molecule has 4 heteroatoms. The lowest BCUT2D eigenvalue weighted by Crippen LogP contribution is -2.44. The van der Waals surface area contributed by atoms with Gasteiger partial charge < -0.3 is 9.88 Å². The number of carbonyl (C=O) groups is 1. The van der Waals surface area contributed by atoms with Gasteiger partial charge >= 0.3 is 0 Å². The van der Waals surface area contributed by atoms with Gasteiger partial charge in [0.05, 0.1) is 12.6 Å². The number of nitrogens with one attached hydrogen (secondary N) is 1. The summed E-state index contributed by atoms with van der Waals surface area (Å²) in [6.07, 6.45) is 2.13. The minimum atomic E-state index is 0.112. The molecular weight excluding hydrogens is 298 g/mol. The first-order valence-corrected chi connectivity index (χ1v) is 8.77. The number of aryl methyl sites for hydroxylation is 1. The minimum absolute atomic E-state index is 0.112. The number of fused-ring (bicyclic) bond motifs is 1. The average Bonchev–Trinajstić information content (AvgIpc) is 3.01. The van der Waals surface area contributed by atoms with Crippen molar-refractivity contribution in [3.8, 4) is 0 Å². The second-order valence-corrected chi connectivity index (χ2v) is 7.11. The van der Waals surface area contributed by atoms with Gasteiger partial charge in [-0.3, -0.25) is 9.69 Å². The van der Waals surface area contributed by atoms with E-state index in [0.717, 1.165) is 19.6 Å². The predicted octanol–water partition coefficient (Wildman–Crippen LogP) is 2.97. The van der Waals surface area contributed by atoms with Crippen LogP contribution in [-0.4, -0.2) is 35.0 Å². The number of hydrogen-bond acceptors (Lipinski definition) is 2. The Morgan fingerprint density at radius 3 is 2.83 bits per heavy atom. The maximum atomic E-state index is 12.4. The SMILES string of the molecule is Cc1cccc(C2c3cccn3CCN2CC(=O)NCC(C)C)c1. The molecule has 2 heterocycles. The fraction of sp³-hybridized carbons (Fsp3) is 0.450. The lowest BCUT2D eigenvalue weighted by atomic mass is 9.98. The maximum Gasteiger partial charge on any atom is 0.234 e. The van der Waals surface area contributed by atoms with Gasteiger partial charge in [-0.1, -0.05) is 43.7 Å². The number of benzene rings is 1. The van der Waals surface area contributed by atoms with Gasteiger partial charge in [0.2, 0.25) is 5.91 Å². The number of amides is 1. The second kappa shape index (κ2) is 7.22. The van der Waals surface area contributed by atoms with Crippen molar-refractivity contribution < 1.29 is 4.79 Å². The topological polar surface area (TPSA) is 37.3 Å². The smallest absolute Gasteiger partial charge is 0.234 e. The molecule has 128 valence electrons. The van der Waals surface area contributed by atoms with Crippen LogP contribution in [0.5, 0.6) is 0 Å². The number of nitrogens with zero attached hydrogens (tertiary/aromatic N) is 2. The zero-order valence-corrected chi connectivity index (χ0v) is 14.8. The van der Waals surface area contributed by atoms with Gasteiger partial charge in [-0.25, -0.2) is 0 Å². The van der Waals surface area contributed by atoms with Crippen molar-refractivity contribution in [2.75, 3.05) is 19.6 Å². The molecule has 4 nitrogen and oxygen atoms in total. The molecule has 2 aromatic rings. The van der Waals surface area contributed by atoms with Crippen LogP contribution in [0.4, 0.5) is 0 Å². The molecule has 0 aliphatic carbocycles. The summed E-state index contributed by atoms with van der Waals surface area (Å²) in [7, 11) is 0. The predicted molar refractivity (Wildman–Crippen MR) is 96.9 cm³/mol. The first-order valence-electron chi connectivity index (χ1n) is 8.77. The Morgan fingerprint density at radius 2 is 2.08 bits per heavy atom. The Bertz CT molecular complexity index is 704. The summed E-state index contributed by atoms with van der Waals surface area (Å²) in [5.41, 5.74) is 3.77. The summed E-state index contributed by atoms with van der Waals surface area (Å²) in [5.74, 6) is 0.585. The molecule has 0 saturated heterocycles. The van der Waals surface area contributed by atoms with Crippen molar-refractivity contribution in [2.24, 2.45) is 5.92 Å². The highest BCUT2D eigenvalue weighted by molar-refractivity contribution is 5.78. The molecule has 1 unspecified atom stereocenters. The standard InChI is InChI=1S/C20H27N3O/c1-15(2)13-21-19(24)14-23-11-10-22-9-5-8-18(22)20(23)17-7-4-6-16(3)12-17/h4-9,12,15,20H,10-11,13-14H2,1-3H3,(H,21,24). The highest BCUT2D eigenvalue weighted by atomic mass is 16.2. The van der Waals surface area contributed by atoms with Gasteiger partial charge in [0.15, 0.2) is 0 Å². The Kier molecular flexibility index (Phi) is 5.05. The van der Waals surface area contributed by atoms with Crippen LogP contribution >= 0.6 is 0 Å². The van der Waals surface area contributed by atoms with Crippen LogP contribution in [0.15, 0.2) is 42.6 Å². The monoisotopic (exact) mass is 325 g/mol. The maximum absolute atomic E-state index is 12.4. The molecule has 1 atom stereocenters. The summed E-state index contributed by atoms with van der Waals surface area (Å²) in [6, 6.07) is 13.0. The van der Waals surface area contributed by atoms with Crippen LogP contribution < -0.4 is 5.32 Å². The molecule has 0 bridgehead atoms. The molecule has 0 radical (unpaired) electrons. The van der Waals surface area contributed by atoms with E-state index in [1.165, 1.54) is 16.8 Å². The Hall–Kier alpha value is -2.07. The fourth-order valence-corrected chi connectivity index (χ4v) is 3.38. The summed E-state index contributed by atoms with van der Waals surface area (Å²) in [4.78, 5) is 14.6. The Labute approximate surface area is 144 Å². The Balaban J connectivity index is 1.84. The van der Waals surface area contributed by atoms with Crippen LogP contribution in [0.2, 0.25) is 0 Å². The van der Waals surface area contributed by atoms with E-state index in [4.69, 9.17) is 0 Å². The van der Waals surface area contributed by atoms with Crippen LogP contribution in [0.3, 0.4) is 0 Å². The zero-order chi connectivity index (χ0) is 17.1. The molecule has 1 aliphatic rings. The quantitative estimate of drug-likeness (QED) is 0.918. The minimum Gasteiger partial charge on any atom is -0.355 e. The largest absolute Gasteiger partial charge is 0.355 e. The number of rotatable bonds is 5. The molecule has 1 N–H and O–H groups in total. The van der Waals surface area contributed by atoms with E-state index in [1.807, 2.05) is 0 Å². The van der Waals surface area contributed by atoms with Gasteiger partial charge in [-0.15, -0.1) is 0 Å². The molecule has 0 saturated carbocycles. The van der Waals surface area contributed by atoms with Crippen LogP contribution in [0.1, 0.15) is 36.7 Å². The summed E-state index contributed by atoms with van der Waals surface area (Å²) in [5, 5.41) is 3.04. The molecule has 1 aromatic carbocycles. The second-order valence-electron chi connectivity index (χ2n) is 7.11. The van der Waals surface area contributed by atoms with Crippen LogP contribution in [-0.2, 0) is 11.3 Å². The highest BCUT2D eigenvalue weighted by Gasteiger charge is 2.30. The van der Waals surface area contributed by atoms with Crippen LogP contribution in [0.25, 0.3) is 0 Å². The molecule has 0 spiro atoms. The highest BCUT2D eigenvalue weighted by Crippen LogP contribution is 2.32. The van der Waals surface area contributed by atoms with E-state index in [9.17, 15) is 4.79 Å². The van der Waals surface area contributed by atoms with E-state index in [0.29, 0.717) is 12.5 Å². The van der Waals surface area contributed by atoms with Gasteiger partial charge in [0, 0.05) is 31.5 Å². The van der Waals surface area contributed by atoms with E-state index in [2.05, 4.69) is 78.2 Å². The summed E-state index contributed by atoms with van der Waals surface area (Å²) >= 11 is 0. The number of hydrogen-bond donors (Lipinski definition) is 1. The van der Waals surface area contributed by atoms with Gasteiger partial charge in [0.25, 0.3) is 0 Å². The van der Waals surface area contributed by atoms with Crippen LogP contribution in [0, 0.1) is 12.8 Å². The summed E-state index contributed by atoms with van der Waals surface area (Å²) in [6.45, 7) is 9.34. The zero-order valence-electron chi connectivity index (χ0n) is 14.8. The fourth-order valence-electron chi connectivity index (χ4n) is 3.38. The summed E-state index contributed by atoms with van der Waals surface area (Å²) < 4.78 is 2.30. The van der Waals surface area contributed by atoms with Crippen molar-refractivity contribution in [1.29, 1.82) is 0 Å². The third kappa shape index (κ3) is 3.70. The lowest BCUT2D eigenvalue weighted by Gasteiger charge is -2.37. The molecular formula is C20H27N3O. The van der Waals surface area contributed by atoms with Crippen molar-refractivity contribution in [3.05, 3.63) is 59.4 Å². The molecule has 1 aliphatic heterocycles. The van der Waals surface area contributed by atoms with Crippen molar-refractivity contribution >= 4 is 5.91 Å². The number of aromatic nitrogens is 1. The number of carbonyl (C=O) groups excluding carboxylic acids is 1.